The van der Waals surface area contributed by atoms with E-state index < -0.39 is 0 Å². The maximum Gasteiger partial charge on any atom is 0.124 e. The number of hydrogen-bond acceptors (Lipinski definition) is 4. The molecular weight excluding hydrogens is 244 g/mol. The second kappa shape index (κ2) is 5.08. The van der Waals surface area contributed by atoms with E-state index in [1.807, 2.05) is 17.6 Å². The van der Waals surface area contributed by atoms with Crippen LogP contribution in [0.3, 0.4) is 0 Å². The lowest BCUT2D eigenvalue weighted by Gasteiger charge is -2.32. The van der Waals surface area contributed by atoms with Gasteiger partial charge in [0.2, 0.25) is 0 Å². The Morgan fingerprint density at radius 2 is 2.33 bits per heavy atom. The van der Waals surface area contributed by atoms with E-state index in [0.29, 0.717) is 12.0 Å². The molecule has 1 N–H and O–H groups in total. The number of nitrogens with one attached hydrogen (secondary N) is 1. The first-order valence-corrected chi connectivity index (χ1v) is 7.11. The minimum atomic E-state index is 0.344. The van der Waals surface area contributed by atoms with Crippen LogP contribution in [0.2, 0.25) is 0 Å². The van der Waals surface area contributed by atoms with Crippen molar-refractivity contribution in [2.24, 2.45) is 5.92 Å². The molecule has 1 aliphatic heterocycles. The van der Waals surface area contributed by atoms with Gasteiger partial charge in [0, 0.05) is 29.4 Å². The van der Waals surface area contributed by atoms with Crippen molar-refractivity contribution in [2.45, 2.75) is 19.5 Å². The fourth-order valence-electron chi connectivity index (χ4n) is 2.34. The summed E-state index contributed by atoms with van der Waals surface area (Å²) in [6.07, 6.45) is 0. The molecule has 3 rings (SSSR count). The van der Waals surface area contributed by atoms with Gasteiger partial charge in [-0.15, -0.1) is 11.3 Å². The van der Waals surface area contributed by atoms with Gasteiger partial charge in [0.05, 0.1) is 17.8 Å². The third-order valence-corrected chi connectivity index (χ3v) is 3.95. The minimum Gasteiger partial charge on any atom is -0.493 e. The lowest BCUT2D eigenvalue weighted by molar-refractivity contribution is 0.187. The Bertz CT molecular complexity index is 512. The lowest BCUT2D eigenvalue weighted by Crippen LogP contribution is -2.33. The van der Waals surface area contributed by atoms with Crippen LogP contribution in [0.25, 0.3) is 0 Å². The summed E-state index contributed by atoms with van der Waals surface area (Å²) >= 11 is 1.64. The Morgan fingerprint density at radius 1 is 1.44 bits per heavy atom. The lowest BCUT2D eigenvalue weighted by atomic mass is 9.92. The second-order valence-electron chi connectivity index (χ2n) is 4.66. The van der Waals surface area contributed by atoms with Gasteiger partial charge in [-0.05, 0) is 6.07 Å². The van der Waals surface area contributed by atoms with Crippen molar-refractivity contribution in [2.75, 3.05) is 6.61 Å². The molecule has 0 amide bonds. The Labute approximate surface area is 111 Å². The Morgan fingerprint density at radius 3 is 3.17 bits per heavy atom. The van der Waals surface area contributed by atoms with Crippen molar-refractivity contribution in [3.63, 3.8) is 0 Å². The Hall–Kier alpha value is -1.39. The van der Waals surface area contributed by atoms with E-state index in [-0.39, 0.29) is 0 Å². The number of thiazole rings is 1. The molecule has 0 fully saturated rings. The van der Waals surface area contributed by atoms with E-state index in [1.165, 1.54) is 5.56 Å². The van der Waals surface area contributed by atoms with Gasteiger partial charge in [-0.25, -0.2) is 4.98 Å². The molecule has 0 bridgehead atoms. The summed E-state index contributed by atoms with van der Waals surface area (Å²) in [5.41, 5.74) is 4.24. The number of hydrogen-bond donors (Lipinski definition) is 1. The van der Waals surface area contributed by atoms with Crippen LogP contribution in [-0.2, 0) is 6.54 Å². The first kappa shape index (κ1) is 11.7. The Balaban J connectivity index is 1.78. The highest BCUT2D eigenvalue weighted by atomic mass is 32.1. The number of aromatic nitrogens is 1. The highest BCUT2D eigenvalue weighted by Gasteiger charge is 2.27. The van der Waals surface area contributed by atoms with E-state index in [0.717, 1.165) is 24.6 Å². The summed E-state index contributed by atoms with van der Waals surface area (Å²) in [6, 6.07) is 8.61. The van der Waals surface area contributed by atoms with Crippen LogP contribution in [0.4, 0.5) is 0 Å². The molecule has 4 heteroatoms. The third-order valence-electron chi connectivity index (χ3n) is 3.31. The third kappa shape index (κ3) is 2.26. The fraction of sp³-hybridized carbons (Fsp3) is 0.357. The summed E-state index contributed by atoms with van der Waals surface area (Å²) in [6.45, 7) is 3.80. The molecule has 2 unspecified atom stereocenters. The Kier molecular flexibility index (Phi) is 3.30. The number of benzene rings is 1. The van der Waals surface area contributed by atoms with Crippen LogP contribution in [0.5, 0.6) is 5.75 Å². The quantitative estimate of drug-likeness (QED) is 0.921. The van der Waals surface area contributed by atoms with E-state index in [1.54, 1.807) is 11.3 Å². The zero-order chi connectivity index (χ0) is 12.4. The second-order valence-corrected chi connectivity index (χ2v) is 5.38. The maximum absolute atomic E-state index is 5.75. The van der Waals surface area contributed by atoms with Gasteiger partial charge >= 0.3 is 0 Å². The summed E-state index contributed by atoms with van der Waals surface area (Å²) in [5.74, 6) is 1.48. The number of nitrogens with zero attached hydrogens (tertiary/aromatic N) is 1. The van der Waals surface area contributed by atoms with Crippen LogP contribution in [0.15, 0.2) is 35.2 Å². The van der Waals surface area contributed by atoms with E-state index in [2.05, 4.69) is 34.7 Å². The highest BCUT2D eigenvalue weighted by molar-refractivity contribution is 7.07. The standard InChI is InChI=1S/C14H16N2OS/c1-10-7-17-13-5-3-2-4-12(13)14(10)15-6-11-8-18-9-16-11/h2-5,8-10,14-15H,6-7H2,1H3. The average Bonchev–Trinajstić information content (AvgIpc) is 2.91. The van der Waals surface area contributed by atoms with Gasteiger partial charge in [-0.3, -0.25) is 0 Å². The molecule has 18 heavy (non-hydrogen) atoms. The molecule has 0 saturated heterocycles. The molecule has 94 valence electrons. The molecule has 2 atom stereocenters. The largest absolute Gasteiger partial charge is 0.493 e. The molecule has 3 nitrogen and oxygen atoms in total. The molecular formula is C14H16N2OS. The molecule has 0 spiro atoms. The molecule has 2 aromatic rings. The van der Waals surface area contributed by atoms with Gasteiger partial charge < -0.3 is 10.1 Å². The average molecular weight is 260 g/mol. The van der Waals surface area contributed by atoms with Crippen molar-refractivity contribution in [1.82, 2.24) is 10.3 Å². The summed E-state index contributed by atoms with van der Waals surface area (Å²) in [4.78, 5) is 4.31. The summed E-state index contributed by atoms with van der Waals surface area (Å²) in [7, 11) is 0. The van der Waals surface area contributed by atoms with Crippen molar-refractivity contribution in [3.8, 4) is 5.75 Å². The molecule has 1 aliphatic rings. The zero-order valence-electron chi connectivity index (χ0n) is 10.3. The summed E-state index contributed by atoms with van der Waals surface area (Å²) < 4.78 is 5.75. The normalized spacial score (nSPS) is 22.3. The first-order chi connectivity index (χ1) is 8.84. The molecule has 0 saturated carbocycles. The van der Waals surface area contributed by atoms with Crippen LogP contribution < -0.4 is 10.1 Å². The predicted octanol–water partition coefficient (Wildman–Crippen LogP) is 3.00. The summed E-state index contributed by atoms with van der Waals surface area (Å²) in [5, 5.41) is 5.68. The topological polar surface area (TPSA) is 34.1 Å². The van der Waals surface area contributed by atoms with Crippen LogP contribution in [-0.4, -0.2) is 11.6 Å². The first-order valence-electron chi connectivity index (χ1n) is 6.17. The zero-order valence-corrected chi connectivity index (χ0v) is 11.1. The van der Waals surface area contributed by atoms with Gasteiger partial charge in [0.25, 0.3) is 0 Å². The van der Waals surface area contributed by atoms with Crippen molar-refractivity contribution in [1.29, 1.82) is 0 Å². The van der Waals surface area contributed by atoms with Gasteiger partial charge in [0.15, 0.2) is 0 Å². The van der Waals surface area contributed by atoms with Crippen LogP contribution >= 0.6 is 11.3 Å². The van der Waals surface area contributed by atoms with Gasteiger partial charge in [0.1, 0.15) is 5.75 Å². The van der Waals surface area contributed by atoms with Crippen LogP contribution in [0.1, 0.15) is 24.2 Å². The number of fused-ring (bicyclic) bond motifs is 1. The monoisotopic (exact) mass is 260 g/mol. The van der Waals surface area contributed by atoms with Crippen molar-refractivity contribution >= 4 is 11.3 Å². The van der Waals surface area contributed by atoms with Crippen molar-refractivity contribution in [3.05, 3.63) is 46.4 Å². The molecule has 1 aromatic carbocycles. The highest BCUT2D eigenvalue weighted by Crippen LogP contribution is 2.35. The predicted molar refractivity (Wildman–Crippen MR) is 72.8 cm³/mol. The van der Waals surface area contributed by atoms with Gasteiger partial charge in [-0.2, -0.15) is 0 Å². The fourth-order valence-corrected chi connectivity index (χ4v) is 2.90. The molecule has 0 aliphatic carbocycles. The van der Waals surface area contributed by atoms with E-state index >= 15 is 0 Å². The maximum atomic E-state index is 5.75. The number of ether oxygens (including phenoxy) is 1. The smallest absolute Gasteiger partial charge is 0.124 e. The van der Waals surface area contributed by atoms with E-state index in [4.69, 9.17) is 4.74 Å². The van der Waals surface area contributed by atoms with Crippen LogP contribution in [0, 0.1) is 5.92 Å². The number of para-hydroxylation sites is 1. The molecule has 2 heterocycles. The van der Waals surface area contributed by atoms with E-state index in [9.17, 15) is 0 Å². The number of rotatable bonds is 3. The molecule has 1 aromatic heterocycles. The molecule has 0 radical (unpaired) electrons. The SMILES string of the molecule is CC1COc2ccccc2C1NCc1cscn1. The van der Waals surface area contributed by atoms with Gasteiger partial charge in [-0.1, -0.05) is 25.1 Å². The van der Waals surface area contributed by atoms with Crippen molar-refractivity contribution < 1.29 is 4.74 Å². The minimum absolute atomic E-state index is 0.344.